The van der Waals surface area contributed by atoms with Crippen molar-refractivity contribution in [1.82, 2.24) is 0 Å². The SMILES string of the molecule is O=C(O)c1cccc(C(=O)OCCOc2ccc(OCCO)cc2)c1. The topological polar surface area (TPSA) is 102 Å². The molecule has 0 unspecified atom stereocenters. The largest absolute Gasteiger partial charge is 0.491 e. The Balaban J connectivity index is 1.76. The van der Waals surface area contributed by atoms with E-state index in [1.54, 1.807) is 24.3 Å². The molecule has 2 N–H and O–H groups in total. The van der Waals surface area contributed by atoms with Crippen LogP contribution in [0.15, 0.2) is 48.5 Å². The first-order valence-corrected chi connectivity index (χ1v) is 7.57. The van der Waals surface area contributed by atoms with Crippen molar-refractivity contribution in [2.24, 2.45) is 0 Å². The van der Waals surface area contributed by atoms with Crippen molar-refractivity contribution in [3.8, 4) is 11.5 Å². The van der Waals surface area contributed by atoms with Crippen LogP contribution in [0, 0.1) is 0 Å². The molecule has 0 heterocycles. The van der Waals surface area contributed by atoms with Gasteiger partial charge in [0.05, 0.1) is 17.7 Å². The van der Waals surface area contributed by atoms with Crippen molar-refractivity contribution in [2.45, 2.75) is 0 Å². The lowest BCUT2D eigenvalue weighted by Crippen LogP contribution is -2.13. The number of esters is 1. The van der Waals surface area contributed by atoms with Gasteiger partial charge in [-0.15, -0.1) is 0 Å². The van der Waals surface area contributed by atoms with Gasteiger partial charge < -0.3 is 24.4 Å². The Morgan fingerprint density at radius 2 is 1.44 bits per heavy atom. The highest BCUT2D eigenvalue weighted by molar-refractivity contribution is 5.94. The molecule has 0 saturated carbocycles. The zero-order valence-electron chi connectivity index (χ0n) is 13.4. The number of rotatable bonds is 9. The normalized spacial score (nSPS) is 10.1. The molecule has 7 heteroatoms. The van der Waals surface area contributed by atoms with Crippen LogP contribution in [0.3, 0.4) is 0 Å². The second kappa shape index (κ2) is 9.29. The number of aromatic carboxylic acids is 1. The Morgan fingerprint density at radius 3 is 2.04 bits per heavy atom. The van der Waals surface area contributed by atoms with Gasteiger partial charge in [-0.05, 0) is 42.5 Å². The monoisotopic (exact) mass is 346 g/mol. The highest BCUT2D eigenvalue weighted by Gasteiger charge is 2.10. The number of hydrogen-bond acceptors (Lipinski definition) is 6. The van der Waals surface area contributed by atoms with Gasteiger partial charge in [-0.1, -0.05) is 6.07 Å². The van der Waals surface area contributed by atoms with Crippen LogP contribution in [-0.4, -0.2) is 48.6 Å². The number of aliphatic hydroxyl groups is 1. The fourth-order valence-corrected chi connectivity index (χ4v) is 1.95. The minimum Gasteiger partial charge on any atom is -0.491 e. The molecular formula is C18H18O7. The van der Waals surface area contributed by atoms with E-state index in [9.17, 15) is 9.59 Å². The van der Waals surface area contributed by atoms with Crippen LogP contribution in [-0.2, 0) is 4.74 Å². The van der Waals surface area contributed by atoms with E-state index in [1.807, 2.05) is 0 Å². The van der Waals surface area contributed by atoms with E-state index in [0.29, 0.717) is 11.5 Å². The molecule has 0 aromatic heterocycles. The van der Waals surface area contributed by atoms with Gasteiger partial charge in [0.15, 0.2) is 0 Å². The molecular weight excluding hydrogens is 328 g/mol. The second-order valence-corrected chi connectivity index (χ2v) is 4.91. The number of carboxylic acid groups (broad SMARTS) is 1. The zero-order valence-corrected chi connectivity index (χ0v) is 13.4. The van der Waals surface area contributed by atoms with Crippen LogP contribution in [0.25, 0.3) is 0 Å². The number of ether oxygens (including phenoxy) is 3. The first-order chi connectivity index (χ1) is 12.1. The van der Waals surface area contributed by atoms with Crippen molar-refractivity contribution >= 4 is 11.9 Å². The van der Waals surface area contributed by atoms with Gasteiger partial charge in [-0.3, -0.25) is 0 Å². The molecule has 0 aliphatic heterocycles. The van der Waals surface area contributed by atoms with Gasteiger partial charge in [0.2, 0.25) is 0 Å². The Hall–Kier alpha value is -3.06. The van der Waals surface area contributed by atoms with Gasteiger partial charge in [0.1, 0.15) is 31.3 Å². The Morgan fingerprint density at radius 1 is 0.840 bits per heavy atom. The third kappa shape index (κ3) is 5.82. The number of benzene rings is 2. The van der Waals surface area contributed by atoms with Crippen molar-refractivity contribution in [2.75, 3.05) is 26.4 Å². The van der Waals surface area contributed by atoms with Gasteiger partial charge in [-0.25, -0.2) is 9.59 Å². The summed E-state index contributed by atoms with van der Waals surface area (Å²) in [5, 5.41) is 17.6. The molecule has 0 aliphatic rings. The summed E-state index contributed by atoms with van der Waals surface area (Å²) in [7, 11) is 0. The van der Waals surface area contributed by atoms with Crippen molar-refractivity contribution in [1.29, 1.82) is 0 Å². The van der Waals surface area contributed by atoms with E-state index in [0.717, 1.165) is 0 Å². The zero-order chi connectivity index (χ0) is 18.1. The summed E-state index contributed by atoms with van der Waals surface area (Å²) in [5.74, 6) is -0.518. The summed E-state index contributed by atoms with van der Waals surface area (Å²) in [5.41, 5.74) is 0.194. The Kier molecular flexibility index (Phi) is 6.79. The average Bonchev–Trinajstić information content (AvgIpc) is 2.64. The summed E-state index contributed by atoms with van der Waals surface area (Å²) in [4.78, 5) is 22.7. The quantitative estimate of drug-likeness (QED) is 0.529. The first-order valence-electron chi connectivity index (χ1n) is 7.57. The number of aliphatic hydroxyl groups excluding tert-OH is 1. The molecule has 2 rings (SSSR count). The molecule has 0 amide bonds. The molecule has 0 fully saturated rings. The smallest absolute Gasteiger partial charge is 0.338 e. The van der Waals surface area contributed by atoms with Crippen LogP contribution >= 0.6 is 0 Å². The van der Waals surface area contributed by atoms with Crippen LogP contribution in [0.1, 0.15) is 20.7 Å². The molecule has 0 bridgehead atoms. The van der Waals surface area contributed by atoms with Gasteiger partial charge in [0.25, 0.3) is 0 Å². The van der Waals surface area contributed by atoms with Crippen molar-refractivity contribution < 1.29 is 34.0 Å². The average molecular weight is 346 g/mol. The highest BCUT2D eigenvalue weighted by Crippen LogP contribution is 2.17. The van der Waals surface area contributed by atoms with Crippen LogP contribution in [0.2, 0.25) is 0 Å². The summed E-state index contributed by atoms with van der Waals surface area (Å²) in [6.07, 6.45) is 0. The molecule has 0 atom stereocenters. The molecule has 7 nitrogen and oxygen atoms in total. The second-order valence-electron chi connectivity index (χ2n) is 4.91. The van der Waals surface area contributed by atoms with E-state index < -0.39 is 11.9 Å². The highest BCUT2D eigenvalue weighted by atomic mass is 16.6. The van der Waals surface area contributed by atoms with Gasteiger partial charge >= 0.3 is 11.9 Å². The lowest BCUT2D eigenvalue weighted by Gasteiger charge is -2.09. The summed E-state index contributed by atoms with van der Waals surface area (Å²) >= 11 is 0. The lowest BCUT2D eigenvalue weighted by atomic mass is 10.1. The molecule has 25 heavy (non-hydrogen) atoms. The fourth-order valence-electron chi connectivity index (χ4n) is 1.95. The van der Waals surface area contributed by atoms with Crippen molar-refractivity contribution in [3.05, 3.63) is 59.7 Å². The molecule has 132 valence electrons. The number of carboxylic acids is 1. The van der Waals surface area contributed by atoms with E-state index in [2.05, 4.69) is 0 Å². The summed E-state index contributed by atoms with van der Waals surface area (Å²) < 4.78 is 15.7. The first kappa shape index (κ1) is 18.3. The third-order valence-electron chi connectivity index (χ3n) is 3.11. The van der Waals surface area contributed by atoms with Crippen LogP contribution < -0.4 is 9.47 Å². The van der Waals surface area contributed by atoms with E-state index in [-0.39, 0.29) is 37.6 Å². The van der Waals surface area contributed by atoms with Crippen LogP contribution in [0.5, 0.6) is 11.5 Å². The minimum absolute atomic E-state index is 0.0224. The number of carbonyl (C=O) groups excluding carboxylic acids is 1. The predicted octanol–water partition coefficient (Wildman–Crippen LogP) is 1.99. The number of hydrogen-bond donors (Lipinski definition) is 2. The van der Waals surface area contributed by atoms with Gasteiger partial charge in [0, 0.05) is 0 Å². The standard InChI is InChI=1S/C18H18O7/c19-8-9-23-15-4-6-16(7-5-15)24-10-11-25-18(22)14-3-1-2-13(12-14)17(20)21/h1-7,12,19H,8-11H2,(H,20,21). The third-order valence-corrected chi connectivity index (χ3v) is 3.11. The van der Waals surface area contributed by atoms with Crippen LogP contribution in [0.4, 0.5) is 0 Å². The number of carbonyl (C=O) groups is 2. The molecule has 0 aliphatic carbocycles. The van der Waals surface area contributed by atoms with Crippen molar-refractivity contribution in [3.63, 3.8) is 0 Å². The molecule has 2 aromatic rings. The molecule has 2 aromatic carbocycles. The summed E-state index contributed by atoms with van der Waals surface area (Å²) in [6, 6.07) is 12.4. The maximum Gasteiger partial charge on any atom is 0.338 e. The fraction of sp³-hybridized carbons (Fsp3) is 0.222. The maximum absolute atomic E-state index is 11.9. The Bertz CT molecular complexity index is 710. The van der Waals surface area contributed by atoms with Gasteiger partial charge in [-0.2, -0.15) is 0 Å². The molecule has 0 spiro atoms. The van der Waals surface area contributed by atoms with E-state index in [1.165, 1.54) is 24.3 Å². The minimum atomic E-state index is -1.11. The Labute approximate surface area is 144 Å². The summed E-state index contributed by atoms with van der Waals surface area (Å²) in [6.45, 7) is 0.346. The predicted molar refractivity (Wildman–Crippen MR) is 88.2 cm³/mol. The molecule has 0 radical (unpaired) electrons. The lowest BCUT2D eigenvalue weighted by molar-refractivity contribution is 0.0450. The molecule has 0 saturated heterocycles. The maximum atomic E-state index is 11.9. The van der Waals surface area contributed by atoms with E-state index in [4.69, 9.17) is 24.4 Å². The van der Waals surface area contributed by atoms with E-state index >= 15 is 0 Å².